The van der Waals surface area contributed by atoms with Crippen LogP contribution in [0.25, 0.3) is 0 Å². The Kier molecular flexibility index (Phi) is 5.26. The van der Waals surface area contributed by atoms with E-state index in [1.165, 1.54) is 0 Å². The van der Waals surface area contributed by atoms with Crippen LogP contribution in [0.5, 0.6) is 5.75 Å². The van der Waals surface area contributed by atoms with Gasteiger partial charge in [-0.1, -0.05) is 12.1 Å². The number of hydrogen-bond donors (Lipinski definition) is 1. The smallest absolute Gasteiger partial charge is 0.142 e. The number of anilines is 1. The molecule has 20 heavy (non-hydrogen) atoms. The third-order valence-electron chi connectivity index (χ3n) is 3.49. The lowest BCUT2D eigenvalue weighted by Crippen LogP contribution is -2.56. The van der Waals surface area contributed by atoms with Crippen LogP contribution in [0.4, 0.5) is 5.69 Å². The molecule has 1 aromatic carbocycles. The van der Waals surface area contributed by atoms with E-state index in [0.29, 0.717) is 0 Å². The van der Waals surface area contributed by atoms with Crippen molar-refractivity contribution in [2.24, 2.45) is 0 Å². The highest BCUT2D eigenvalue weighted by atomic mass is 16.5. The van der Waals surface area contributed by atoms with Crippen molar-refractivity contribution in [1.82, 2.24) is 0 Å². The van der Waals surface area contributed by atoms with Crippen LogP contribution in [0.2, 0.25) is 0 Å². The van der Waals surface area contributed by atoms with E-state index in [1.54, 1.807) is 7.11 Å². The standard InChI is InChI=1S/C16H25NO3/c1-5-19-15-10-13(16(15)18-4)17-12-8-6-7-9-14(12)20-11(2)3/h6-9,11,13,15-17H,5,10H2,1-4H3. The molecule has 0 heterocycles. The van der Waals surface area contributed by atoms with E-state index in [9.17, 15) is 0 Å². The lowest BCUT2D eigenvalue weighted by molar-refractivity contribution is -0.118. The van der Waals surface area contributed by atoms with Crippen LogP contribution < -0.4 is 10.1 Å². The Balaban J connectivity index is 2.00. The van der Waals surface area contributed by atoms with Gasteiger partial charge < -0.3 is 19.5 Å². The van der Waals surface area contributed by atoms with Gasteiger partial charge in [0.1, 0.15) is 11.9 Å². The van der Waals surface area contributed by atoms with Crippen molar-refractivity contribution in [1.29, 1.82) is 0 Å². The molecule has 1 aromatic rings. The summed E-state index contributed by atoms with van der Waals surface area (Å²) in [5, 5.41) is 3.51. The second kappa shape index (κ2) is 6.95. The second-order valence-electron chi connectivity index (χ2n) is 5.34. The molecular formula is C16H25NO3. The average Bonchev–Trinajstić information content (AvgIpc) is 2.39. The van der Waals surface area contributed by atoms with E-state index in [2.05, 4.69) is 5.32 Å². The summed E-state index contributed by atoms with van der Waals surface area (Å²) in [5.41, 5.74) is 1.02. The van der Waals surface area contributed by atoms with Gasteiger partial charge in [-0.3, -0.25) is 0 Å². The molecule has 2 rings (SSSR count). The largest absolute Gasteiger partial charge is 0.489 e. The van der Waals surface area contributed by atoms with Gasteiger partial charge in [0, 0.05) is 13.7 Å². The Bertz CT molecular complexity index is 422. The minimum Gasteiger partial charge on any atom is -0.489 e. The summed E-state index contributed by atoms with van der Waals surface area (Å²) >= 11 is 0. The first kappa shape index (κ1) is 15.1. The van der Waals surface area contributed by atoms with Crippen LogP contribution in [0.1, 0.15) is 27.2 Å². The van der Waals surface area contributed by atoms with Crippen molar-refractivity contribution >= 4 is 5.69 Å². The van der Waals surface area contributed by atoms with Crippen molar-refractivity contribution < 1.29 is 14.2 Å². The number of nitrogens with one attached hydrogen (secondary N) is 1. The van der Waals surface area contributed by atoms with Gasteiger partial charge in [-0.25, -0.2) is 0 Å². The quantitative estimate of drug-likeness (QED) is 0.832. The molecule has 3 atom stereocenters. The van der Waals surface area contributed by atoms with Crippen molar-refractivity contribution in [3.05, 3.63) is 24.3 Å². The normalized spacial score (nSPS) is 25.4. The zero-order chi connectivity index (χ0) is 14.5. The van der Waals surface area contributed by atoms with E-state index in [1.807, 2.05) is 45.0 Å². The third kappa shape index (κ3) is 3.44. The summed E-state index contributed by atoms with van der Waals surface area (Å²) in [6.45, 7) is 6.80. The van der Waals surface area contributed by atoms with Gasteiger partial charge in [0.15, 0.2) is 0 Å². The molecule has 0 amide bonds. The number of rotatable bonds is 7. The van der Waals surface area contributed by atoms with Crippen molar-refractivity contribution in [3.63, 3.8) is 0 Å². The van der Waals surface area contributed by atoms with E-state index in [-0.39, 0.29) is 24.4 Å². The summed E-state index contributed by atoms with van der Waals surface area (Å²) in [4.78, 5) is 0. The first-order chi connectivity index (χ1) is 9.65. The summed E-state index contributed by atoms with van der Waals surface area (Å²) in [6.07, 6.45) is 1.42. The van der Waals surface area contributed by atoms with Crippen LogP contribution in [-0.4, -0.2) is 38.1 Å². The van der Waals surface area contributed by atoms with E-state index in [4.69, 9.17) is 14.2 Å². The fourth-order valence-electron chi connectivity index (χ4n) is 2.56. The molecule has 1 aliphatic rings. The predicted octanol–water partition coefficient (Wildman–Crippen LogP) is 3.08. The highest BCUT2D eigenvalue weighted by Crippen LogP contribution is 2.33. The van der Waals surface area contributed by atoms with E-state index >= 15 is 0 Å². The van der Waals surface area contributed by atoms with Gasteiger partial charge in [0.2, 0.25) is 0 Å². The van der Waals surface area contributed by atoms with Crippen LogP contribution in [0, 0.1) is 0 Å². The molecule has 4 heteroatoms. The summed E-state index contributed by atoms with van der Waals surface area (Å²) in [7, 11) is 1.74. The summed E-state index contributed by atoms with van der Waals surface area (Å²) in [6, 6.07) is 8.30. The minimum absolute atomic E-state index is 0.0991. The lowest BCUT2D eigenvalue weighted by atomic mass is 9.85. The van der Waals surface area contributed by atoms with Crippen molar-refractivity contribution in [2.45, 2.75) is 51.5 Å². The molecule has 1 fully saturated rings. The first-order valence-electron chi connectivity index (χ1n) is 7.32. The number of methoxy groups -OCH3 is 1. The SMILES string of the molecule is CCOC1CC(Nc2ccccc2OC(C)C)C1OC. The lowest BCUT2D eigenvalue weighted by Gasteiger charge is -2.44. The highest BCUT2D eigenvalue weighted by molar-refractivity contribution is 5.57. The third-order valence-corrected chi connectivity index (χ3v) is 3.49. The Morgan fingerprint density at radius 2 is 2.05 bits per heavy atom. The zero-order valence-corrected chi connectivity index (χ0v) is 12.8. The van der Waals surface area contributed by atoms with Crippen molar-refractivity contribution in [3.8, 4) is 5.75 Å². The summed E-state index contributed by atoms with van der Waals surface area (Å²) in [5.74, 6) is 0.886. The molecule has 112 valence electrons. The second-order valence-corrected chi connectivity index (χ2v) is 5.34. The Hall–Kier alpha value is -1.26. The maximum absolute atomic E-state index is 5.82. The number of para-hydroxylation sites is 2. The average molecular weight is 279 g/mol. The van der Waals surface area contributed by atoms with Crippen LogP contribution in [0.15, 0.2) is 24.3 Å². The van der Waals surface area contributed by atoms with Gasteiger partial charge >= 0.3 is 0 Å². The molecule has 4 nitrogen and oxygen atoms in total. The highest BCUT2D eigenvalue weighted by Gasteiger charge is 2.42. The predicted molar refractivity (Wildman–Crippen MR) is 80.4 cm³/mol. The maximum Gasteiger partial charge on any atom is 0.142 e. The number of hydrogen-bond acceptors (Lipinski definition) is 4. The molecule has 0 radical (unpaired) electrons. The molecular weight excluding hydrogens is 254 g/mol. The molecule has 3 unspecified atom stereocenters. The molecule has 0 spiro atoms. The van der Waals surface area contributed by atoms with Crippen LogP contribution >= 0.6 is 0 Å². The molecule has 0 saturated heterocycles. The van der Waals surface area contributed by atoms with Gasteiger partial charge in [-0.2, -0.15) is 0 Å². The van der Waals surface area contributed by atoms with Gasteiger partial charge in [0.05, 0.1) is 23.9 Å². The molecule has 1 saturated carbocycles. The number of benzene rings is 1. The molecule has 1 N–H and O–H groups in total. The Morgan fingerprint density at radius 1 is 1.30 bits per heavy atom. The van der Waals surface area contributed by atoms with Gasteiger partial charge in [-0.05, 0) is 39.3 Å². The van der Waals surface area contributed by atoms with E-state index in [0.717, 1.165) is 24.5 Å². The minimum atomic E-state index is 0.0991. The van der Waals surface area contributed by atoms with Gasteiger partial charge in [0.25, 0.3) is 0 Å². The molecule has 1 aliphatic carbocycles. The Labute approximate surface area is 121 Å². The molecule has 0 aliphatic heterocycles. The van der Waals surface area contributed by atoms with E-state index < -0.39 is 0 Å². The first-order valence-corrected chi connectivity index (χ1v) is 7.32. The monoisotopic (exact) mass is 279 g/mol. The summed E-state index contributed by atoms with van der Waals surface area (Å²) < 4.78 is 17.0. The zero-order valence-electron chi connectivity index (χ0n) is 12.8. The maximum atomic E-state index is 5.82. The van der Waals surface area contributed by atoms with Crippen molar-refractivity contribution in [2.75, 3.05) is 19.0 Å². The van der Waals surface area contributed by atoms with Crippen LogP contribution in [0.3, 0.4) is 0 Å². The topological polar surface area (TPSA) is 39.7 Å². The fourth-order valence-corrected chi connectivity index (χ4v) is 2.56. The number of ether oxygens (including phenoxy) is 3. The molecule has 0 bridgehead atoms. The molecule has 0 aromatic heterocycles. The fraction of sp³-hybridized carbons (Fsp3) is 0.625. The Morgan fingerprint density at radius 3 is 2.70 bits per heavy atom. The van der Waals surface area contributed by atoms with Gasteiger partial charge in [-0.15, -0.1) is 0 Å². The van der Waals surface area contributed by atoms with Crippen LogP contribution in [-0.2, 0) is 9.47 Å².